The van der Waals surface area contributed by atoms with E-state index < -0.39 is 14.9 Å². The third kappa shape index (κ3) is 3.26. The Hall–Kier alpha value is -1.67. The number of nitro groups is 1. The number of hydrogen-bond acceptors (Lipinski definition) is 5. The Morgan fingerprint density at radius 1 is 1.45 bits per heavy atom. The lowest BCUT2D eigenvalue weighted by atomic mass is 10.2. The van der Waals surface area contributed by atoms with Crippen LogP contribution in [0.5, 0.6) is 0 Å². The zero-order valence-electron chi connectivity index (χ0n) is 11.7. The van der Waals surface area contributed by atoms with Crippen molar-refractivity contribution in [2.75, 3.05) is 12.8 Å². The molecule has 1 aromatic carbocycles. The molecule has 0 aliphatic carbocycles. The Bertz CT molecular complexity index is 601. The predicted octanol–water partition coefficient (Wildman–Crippen LogP) is 1.99. The van der Waals surface area contributed by atoms with Crippen molar-refractivity contribution >= 4 is 21.4 Å². The maximum absolute atomic E-state index is 12.4. The summed E-state index contributed by atoms with van der Waals surface area (Å²) < 4.78 is 26.0. The van der Waals surface area contributed by atoms with Crippen LogP contribution in [0.25, 0.3) is 0 Å². The lowest BCUT2D eigenvalue weighted by Crippen LogP contribution is -2.35. The summed E-state index contributed by atoms with van der Waals surface area (Å²) in [5.41, 5.74) is 5.07. The minimum absolute atomic E-state index is 0.0361. The molecular weight excluding hydrogens is 282 g/mol. The molecule has 2 N–H and O–H groups in total. The number of anilines is 1. The first-order valence-electron chi connectivity index (χ1n) is 6.23. The number of nitrogens with two attached hydrogens (primary N) is 1. The summed E-state index contributed by atoms with van der Waals surface area (Å²) >= 11 is 0. The Morgan fingerprint density at radius 3 is 2.50 bits per heavy atom. The molecule has 1 aromatic rings. The fourth-order valence-corrected chi connectivity index (χ4v) is 3.29. The van der Waals surface area contributed by atoms with Crippen molar-refractivity contribution in [3.8, 4) is 0 Å². The van der Waals surface area contributed by atoms with Crippen molar-refractivity contribution in [3.63, 3.8) is 0 Å². The highest BCUT2D eigenvalue weighted by Gasteiger charge is 2.26. The van der Waals surface area contributed by atoms with Gasteiger partial charge in [-0.25, -0.2) is 8.42 Å². The van der Waals surface area contributed by atoms with Crippen LogP contribution in [0, 0.1) is 10.1 Å². The number of nitro benzene ring substituents is 1. The first kappa shape index (κ1) is 16.4. The Morgan fingerprint density at radius 2 is 2.05 bits per heavy atom. The number of nitrogen functional groups attached to an aromatic ring is 1. The van der Waals surface area contributed by atoms with Gasteiger partial charge in [0.1, 0.15) is 5.69 Å². The Labute approximate surface area is 118 Å². The van der Waals surface area contributed by atoms with Crippen LogP contribution in [0.2, 0.25) is 0 Å². The van der Waals surface area contributed by atoms with E-state index in [2.05, 4.69) is 0 Å². The van der Waals surface area contributed by atoms with Gasteiger partial charge < -0.3 is 5.73 Å². The number of benzene rings is 1. The molecule has 0 amide bonds. The van der Waals surface area contributed by atoms with Gasteiger partial charge in [-0.3, -0.25) is 10.1 Å². The average molecular weight is 301 g/mol. The summed E-state index contributed by atoms with van der Waals surface area (Å²) in [5, 5.41) is 10.7. The first-order valence-corrected chi connectivity index (χ1v) is 7.67. The van der Waals surface area contributed by atoms with Crippen LogP contribution in [0.1, 0.15) is 26.7 Å². The van der Waals surface area contributed by atoms with Gasteiger partial charge in [-0.15, -0.1) is 0 Å². The molecule has 0 spiro atoms. The lowest BCUT2D eigenvalue weighted by Gasteiger charge is -2.24. The highest BCUT2D eigenvalue weighted by molar-refractivity contribution is 7.89. The van der Waals surface area contributed by atoms with E-state index in [1.54, 1.807) is 0 Å². The van der Waals surface area contributed by atoms with E-state index in [4.69, 9.17) is 5.73 Å². The van der Waals surface area contributed by atoms with Crippen molar-refractivity contribution in [1.82, 2.24) is 4.31 Å². The molecule has 0 saturated heterocycles. The van der Waals surface area contributed by atoms with E-state index >= 15 is 0 Å². The van der Waals surface area contributed by atoms with E-state index in [1.807, 2.05) is 13.8 Å². The Kier molecular flexibility index (Phi) is 5.07. The maximum Gasteiger partial charge on any atom is 0.292 e. The molecule has 0 aromatic heterocycles. The fourth-order valence-electron chi connectivity index (χ4n) is 1.86. The second-order valence-corrected chi connectivity index (χ2v) is 6.63. The summed E-state index contributed by atoms with van der Waals surface area (Å²) in [6.45, 7) is 3.79. The topological polar surface area (TPSA) is 107 Å². The molecule has 0 fully saturated rings. The van der Waals surface area contributed by atoms with Crippen LogP contribution in [0.4, 0.5) is 11.4 Å². The predicted molar refractivity (Wildman–Crippen MR) is 76.8 cm³/mol. The molecule has 112 valence electrons. The van der Waals surface area contributed by atoms with Crippen molar-refractivity contribution < 1.29 is 13.3 Å². The summed E-state index contributed by atoms with van der Waals surface area (Å²) in [6, 6.07) is 3.30. The van der Waals surface area contributed by atoms with Gasteiger partial charge in [0.05, 0.1) is 9.82 Å². The summed E-state index contributed by atoms with van der Waals surface area (Å²) in [6.07, 6.45) is 1.60. The minimum atomic E-state index is -3.69. The van der Waals surface area contributed by atoms with Gasteiger partial charge in [0.2, 0.25) is 10.0 Å². The largest absolute Gasteiger partial charge is 0.393 e. The maximum atomic E-state index is 12.4. The van der Waals surface area contributed by atoms with Gasteiger partial charge in [0, 0.05) is 19.2 Å². The van der Waals surface area contributed by atoms with E-state index in [0.29, 0.717) is 0 Å². The smallest absolute Gasteiger partial charge is 0.292 e. The van der Waals surface area contributed by atoms with Gasteiger partial charge in [0.15, 0.2) is 0 Å². The molecule has 0 heterocycles. The van der Waals surface area contributed by atoms with Crippen LogP contribution < -0.4 is 5.73 Å². The third-order valence-corrected chi connectivity index (χ3v) is 5.17. The number of rotatable bonds is 6. The Balaban J connectivity index is 3.16. The van der Waals surface area contributed by atoms with Gasteiger partial charge in [0.25, 0.3) is 5.69 Å². The summed E-state index contributed by atoms with van der Waals surface area (Å²) in [7, 11) is -2.20. The van der Waals surface area contributed by atoms with Gasteiger partial charge in [-0.1, -0.05) is 13.3 Å². The fraction of sp³-hybridized carbons (Fsp3) is 0.500. The molecule has 0 aliphatic rings. The van der Waals surface area contributed by atoms with Crippen molar-refractivity contribution in [2.24, 2.45) is 0 Å². The van der Waals surface area contributed by atoms with Gasteiger partial charge in [-0.2, -0.15) is 4.31 Å². The molecular formula is C12H19N3O4S. The number of hydrogen-bond donors (Lipinski definition) is 1. The van der Waals surface area contributed by atoms with Crippen LogP contribution in [-0.4, -0.2) is 30.7 Å². The van der Waals surface area contributed by atoms with Crippen molar-refractivity contribution in [3.05, 3.63) is 28.3 Å². The van der Waals surface area contributed by atoms with Crippen LogP contribution in [-0.2, 0) is 10.0 Å². The standard InChI is InChI=1S/C12H19N3O4S/c1-4-5-9(2)14(3)20(18,19)10-6-7-12(15(16)17)11(13)8-10/h6-9H,4-5,13H2,1-3H3. The molecule has 1 unspecified atom stereocenters. The van der Waals surface area contributed by atoms with E-state index in [9.17, 15) is 18.5 Å². The molecule has 20 heavy (non-hydrogen) atoms. The molecule has 8 heteroatoms. The number of nitrogens with zero attached hydrogens (tertiary/aromatic N) is 2. The lowest BCUT2D eigenvalue weighted by molar-refractivity contribution is -0.383. The van der Waals surface area contributed by atoms with Crippen molar-refractivity contribution in [2.45, 2.75) is 37.6 Å². The summed E-state index contributed by atoms with van der Waals surface area (Å²) in [4.78, 5) is 10.00. The molecule has 0 bridgehead atoms. The van der Waals surface area contributed by atoms with E-state index in [-0.39, 0.29) is 22.3 Å². The van der Waals surface area contributed by atoms with Crippen LogP contribution in [0.3, 0.4) is 0 Å². The second-order valence-electron chi connectivity index (χ2n) is 4.64. The van der Waals surface area contributed by atoms with E-state index in [0.717, 1.165) is 25.0 Å². The van der Waals surface area contributed by atoms with Crippen LogP contribution in [0.15, 0.2) is 23.1 Å². The van der Waals surface area contributed by atoms with Gasteiger partial charge in [-0.05, 0) is 25.5 Å². The zero-order chi connectivity index (χ0) is 15.5. The van der Waals surface area contributed by atoms with Crippen molar-refractivity contribution in [1.29, 1.82) is 0 Å². The van der Waals surface area contributed by atoms with Crippen LogP contribution >= 0.6 is 0 Å². The number of sulfonamides is 1. The van der Waals surface area contributed by atoms with E-state index in [1.165, 1.54) is 17.4 Å². The molecule has 1 rings (SSSR count). The molecule has 1 atom stereocenters. The molecule has 0 saturated carbocycles. The highest BCUT2D eigenvalue weighted by Crippen LogP contribution is 2.26. The normalized spacial score (nSPS) is 13.4. The zero-order valence-corrected chi connectivity index (χ0v) is 12.6. The minimum Gasteiger partial charge on any atom is -0.393 e. The molecule has 7 nitrogen and oxygen atoms in total. The monoisotopic (exact) mass is 301 g/mol. The first-order chi connectivity index (χ1) is 9.21. The SMILES string of the molecule is CCCC(C)N(C)S(=O)(=O)c1ccc([N+](=O)[O-])c(N)c1. The quantitative estimate of drug-likeness (QED) is 0.491. The average Bonchev–Trinajstić information content (AvgIpc) is 2.37. The summed E-state index contributed by atoms with van der Waals surface area (Å²) in [5.74, 6) is 0. The molecule has 0 aliphatic heterocycles. The third-order valence-electron chi connectivity index (χ3n) is 3.20. The second kappa shape index (κ2) is 6.19. The van der Waals surface area contributed by atoms with Gasteiger partial charge >= 0.3 is 0 Å². The molecule has 0 radical (unpaired) electrons. The highest BCUT2D eigenvalue weighted by atomic mass is 32.2.